The van der Waals surface area contributed by atoms with Crippen LogP contribution in [0.15, 0.2) is 30.3 Å². The lowest BCUT2D eigenvalue weighted by molar-refractivity contribution is 0.0690. The van der Waals surface area contributed by atoms with Crippen LogP contribution in [0, 0.1) is 6.92 Å². The molecule has 0 saturated heterocycles. The highest BCUT2D eigenvalue weighted by molar-refractivity contribution is 7.22. The molecule has 0 fully saturated rings. The SMILES string of the molecule is Cc1cccc2sc(-c3cc(C(=O)O)n[nH]3)cc12. The summed E-state index contributed by atoms with van der Waals surface area (Å²) in [5.74, 6) is -1.02. The molecule has 0 saturated carbocycles. The Kier molecular flexibility index (Phi) is 2.41. The van der Waals surface area contributed by atoms with E-state index >= 15 is 0 Å². The first-order valence-corrected chi connectivity index (χ1v) is 6.25. The first kappa shape index (κ1) is 11.0. The van der Waals surface area contributed by atoms with Gasteiger partial charge < -0.3 is 5.11 Å². The number of fused-ring (bicyclic) bond motifs is 1. The van der Waals surface area contributed by atoms with Crippen molar-refractivity contribution in [2.45, 2.75) is 6.92 Å². The number of benzene rings is 1. The third-order valence-electron chi connectivity index (χ3n) is 2.84. The maximum Gasteiger partial charge on any atom is 0.356 e. The number of carboxylic acids is 1. The summed E-state index contributed by atoms with van der Waals surface area (Å²) in [6, 6.07) is 9.77. The molecule has 2 N–H and O–H groups in total. The van der Waals surface area contributed by atoms with E-state index in [0.717, 1.165) is 10.6 Å². The second kappa shape index (κ2) is 3.96. The summed E-state index contributed by atoms with van der Waals surface area (Å²) in [7, 11) is 0. The Morgan fingerprint density at radius 3 is 2.89 bits per heavy atom. The Morgan fingerprint density at radius 2 is 2.22 bits per heavy atom. The van der Waals surface area contributed by atoms with Crippen molar-refractivity contribution in [2.75, 3.05) is 0 Å². The van der Waals surface area contributed by atoms with Crippen LogP contribution in [0.5, 0.6) is 0 Å². The molecule has 5 heteroatoms. The fourth-order valence-electron chi connectivity index (χ4n) is 1.90. The molecule has 0 atom stereocenters. The van der Waals surface area contributed by atoms with E-state index in [9.17, 15) is 4.79 Å². The van der Waals surface area contributed by atoms with Crippen LogP contribution in [0.2, 0.25) is 0 Å². The molecule has 0 aliphatic carbocycles. The second-order valence-electron chi connectivity index (χ2n) is 4.07. The van der Waals surface area contributed by atoms with Crippen LogP contribution >= 0.6 is 11.3 Å². The lowest BCUT2D eigenvalue weighted by atomic mass is 10.1. The summed E-state index contributed by atoms with van der Waals surface area (Å²) >= 11 is 1.63. The van der Waals surface area contributed by atoms with Crippen molar-refractivity contribution in [3.05, 3.63) is 41.6 Å². The molecule has 0 aliphatic rings. The van der Waals surface area contributed by atoms with Crippen LogP contribution in [0.25, 0.3) is 20.7 Å². The molecule has 3 rings (SSSR count). The molecule has 0 unspecified atom stereocenters. The van der Waals surface area contributed by atoms with E-state index < -0.39 is 5.97 Å². The van der Waals surface area contributed by atoms with Crippen LogP contribution in [0.4, 0.5) is 0 Å². The summed E-state index contributed by atoms with van der Waals surface area (Å²) in [5, 5.41) is 16.6. The van der Waals surface area contributed by atoms with Gasteiger partial charge in [-0.1, -0.05) is 12.1 Å². The van der Waals surface area contributed by atoms with Crippen molar-refractivity contribution >= 4 is 27.4 Å². The van der Waals surface area contributed by atoms with Crippen LogP contribution in [0.3, 0.4) is 0 Å². The summed E-state index contributed by atoms with van der Waals surface area (Å²) in [5.41, 5.74) is 2.00. The van der Waals surface area contributed by atoms with E-state index in [1.807, 2.05) is 6.07 Å². The zero-order chi connectivity index (χ0) is 12.7. The van der Waals surface area contributed by atoms with E-state index in [2.05, 4.69) is 35.3 Å². The highest BCUT2D eigenvalue weighted by atomic mass is 32.1. The average Bonchev–Trinajstić information content (AvgIpc) is 2.95. The topological polar surface area (TPSA) is 66.0 Å². The Morgan fingerprint density at radius 1 is 1.39 bits per heavy atom. The number of aromatic amines is 1. The first-order chi connectivity index (χ1) is 8.65. The Bertz CT molecular complexity index is 742. The number of rotatable bonds is 2. The van der Waals surface area contributed by atoms with E-state index in [4.69, 9.17) is 5.11 Å². The number of aromatic nitrogens is 2. The van der Waals surface area contributed by atoms with Gasteiger partial charge in [-0.3, -0.25) is 5.10 Å². The molecule has 3 aromatic rings. The fourth-order valence-corrected chi connectivity index (χ4v) is 3.00. The van der Waals surface area contributed by atoms with Gasteiger partial charge >= 0.3 is 5.97 Å². The number of carboxylic acid groups (broad SMARTS) is 1. The zero-order valence-electron chi connectivity index (χ0n) is 9.60. The Balaban J connectivity index is 2.13. The van der Waals surface area contributed by atoms with Gasteiger partial charge in [0.25, 0.3) is 0 Å². The molecule has 0 bridgehead atoms. The third-order valence-corrected chi connectivity index (χ3v) is 3.98. The van der Waals surface area contributed by atoms with Gasteiger partial charge in [-0.25, -0.2) is 4.79 Å². The molecule has 0 spiro atoms. The number of hydrogen-bond donors (Lipinski definition) is 2. The molecule has 0 radical (unpaired) electrons. The van der Waals surface area contributed by atoms with Gasteiger partial charge in [0, 0.05) is 4.70 Å². The van der Waals surface area contributed by atoms with Crippen molar-refractivity contribution in [2.24, 2.45) is 0 Å². The predicted molar refractivity (Wildman–Crippen MR) is 71.1 cm³/mol. The van der Waals surface area contributed by atoms with Crippen molar-refractivity contribution in [1.82, 2.24) is 10.2 Å². The largest absolute Gasteiger partial charge is 0.476 e. The summed E-state index contributed by atoms with van der Waals surface area (Å²) in [6.07, 6.45) is 0. The number of H-pyrrole nitrogens is 1. The van der Waals surface area contributed by atoms with Gasteiger partial charge in [0.1, 0.15) is 0 Å². The van der Waals surface area contributed by atoms with Crippen molar-refractivity contribution < 1.29 is 9.90 Å². The predicted octanol–water partition coefficient (Wildman–Crippen LogP) is 3.30. The van der Waals surface area contributed by atoms with Gasteiger partial charge in [-0.2, -0.15) is 5.10 Å². The first-order valence-electron chi connectivity index (χ1n) is 5.43. The maximum absolute atomic E-state index is 10.8. The molecule has 4 nitrogen and oxygen atoms in total. The lowest BCUT2D eigenvalue weighted by Crippen LogP contribution is -1.95. The highest BCUT2D eigenvalue weighted by Crippen LogP contribution is 2.34. The van der Waals surface area contributed by atoms with Crippen molar-refractivity contribution in [3.8, 4) is 10.6 Å². The molecule has 18 heavy (non-hydrogen) atoms. The summed E-state index contributed by atoms with van der Waals surface area (Å²) in [6.45, 7) is 2.06. The number of aryl methyl sites for hydroxylation is 1. The van der Waals surface area contributed by atoms with Crippen LogP contribution in [0.1, 0.15) is 16.1 Å². The van der Waals surface area contributed by atoms with E-state index in [-0.39, 0.29) is 5.69 Å². The minimum absolute atomic E-state index is 0.0409. The molecular weight excluding hydrogens is 248 g/mol. The Hall–Kier alpha value is -2.14. The summed E-state index contributed by atoms with van der Waals surface area (Å²) < 4.78 is 1.19. The van der Waals surface area contributed by atoms with Crippen LogP contribution < -0.4 is 0 Å². The standard InChI is InChI=1S/C13H10N2O2S/c1-7-3-2-4-11-8(7)5-12(18-11)9-6-10(13(16)17)15-14-9/h2-6H,1H3,(H,14,15)(H,16,17). The quantitative estimate of drug-likeness (QED) is 0.741. The van der Waals surface area contributed by atoms with Crippen LogP contribution in [-0.4, -0.2) is 21.3 Å². The highest BCUT2D eigenvalue weighted by Gasteiger charge is 2.12. The number of thiophene rings is 1. The molecule has 0 amide bonds. The van der Waals surface area contributed by atoms with Crippen LogP contribution in [-0.2, 0) is 0 Å². The molecule has 2 heterocycles. The molecule has 1 aromatic carbocycles. The maximum atomic E-state index is 10.8. The monoisotopic (exact) mass is 258 g/mol. The van der Waals surface area contributed by atoms with E-state index in [1.54, 1.807) is 17.4 Å². The van der Waals surface area contributed by atoms with Gasteiger partial charge in [0.15, 0.2) is 5.69 Å². The number of carbonyl (C=O) groups is 1. The molecule has 90 valence electrons. The van der Waals surface area contributed by atoms with Gasteiger partial charge in [-0.15, -0.1) is 11.3 Å². The number of aromatic carboxylic acids is 1. The molecular formula is C13H10N2O2S. The van der Waals surface area contributed by atoms with Crippen molar-refractivity contribution in [3.63, 3.8) is 0 Å². The lowest BCUT2D eigenvalue weighted by Gasteiger charge is -1.91. The average molecular weight is 258 g/mol. The number of nitrogens with zero attached hydrogens (tertiary/aromatic N) is 1. The van der Waals surface area contributed by atoms with E-state index in [0.29, 0.717) is 0 Å². The van der Waals surface area contributed by atoms with Gasteiger partial charge in [-0.05, 0) is 36.1 Å². The van der Waals surface area contributed by atoms with Gasteiger partial charge in [0.05, 0.1) is 10.6 Å². The smallest absolute Gasteiger partial charge is 0.356 e. The Labute approximate surface area is 107 Å². The molecule has 2 aromatic heterocycles. The van der Waals surface area contributed by atoms with Gasteiger partial charge in [0.2, 0.25) is 0 Å². The second-order valence-corrected chi connectivity index (χ2v) is 5.15. The minimum atomic E-state index is -1.02. The normalized spacial score (nSPS) is 10.9. The number of hydrogen-bond acceptors (Lipinski definition) is 3. The van der Waals surface area contributed by atoms with E-state index in [1.165, 1.54) is 15.6 Å². The minimum Gasteiger partial charge on any atom is -0.476 e. The third kappa shape index (κ3) is 1.69. The number of nitrogens with one attached hydrogen (secondary N) is 1. The fraction of sp³-hybridized carbons (Fsp3) is 0.0769. The zero-order valence-corrected chi connectivity index (χ0v) is 10.4. The van der Waals surface area contributed by atoms with Crippen molar-refractivity contribution in [1.29, 1.82) is 0 Å². The summed E-state index contributed by atoms with van der Waals surface area (Å²) in [4.78, 5) is 11.8. The molecule has 0 aliphatic heterocycles.